The van der Waals surface area contributed by atoms with Gasteiger partial charge in [0.2, 0.25) is 0 Å². The van der Waals surface area contributed by atoms with Gasteiger partial charge in [0.25, 0.3) is 11.1 Å². The van der Waals surface area contributed by atoms with Gasteiger partial charge in [-0.3, -0.25) is 14.5 Å². The first kappa shape index (κ1) is 17.0. The van der Waals surface area contributed by atoms with Crippen molar-refractivity contribution in [2.45, 2.75) is 18.8 Å². The SMILES string of the molecule is Cc1ccccc1N[C@H]1SC(=O)N(Cc2ccc(C(=O)O)cc2)C1=O. The van der Waals surface area contributed by atoms with E-state index in [1.165, 1.54) is 17.0 Å². The Labute approximate surface area is 148 Å². The highest BCUT2D eigenvalue weighted by atomic mass is 32.2. The Kier molecular flexibility index (Phi) is 4.76. The van der Waals surface area contributed by atoms with E-state index in [1.807, 2.05) is 31.2 Å². The number of nitrogens with one attached hydrogen (secondary N) is 1. The standard InChI is InChI=1S/C18H16N2O4S/c1-11-4-2-3-5-14(11)19-15-16(21)20(18(24)25-15)10-12-6-8-13(9-7-12)17(22)23/h2-9,15,19H,10H2,1H3,(H,22,23)/t15-/m0/s1. The van der Waals surface area contributed by atoms with Crippen LogP contribution in [0.3, 0.4) is 0 Å². The van der Waals surface area contributed by atoms with Crippen LogP contribution in [-0.2, 0) is 11.3 Å². The lowest BCUT2D eigenvalue weighted by molar-refractivity contribution is -0.126. The minimum atomic E-state index is -1.02. The second kappa shape index (κ2) is 6.98. The average molecular weight is 356 g/mol. The molecule has 25 heavy (non-hydrogen) atoms. The molecule has 2 aromatic carbocycles. The van der Waals surface area contributed by atoms with Gasteiger partial charge in [-0.05, 0) is 48.0 Å². The maximum absolute atomic E-state index is 12.5. The summed E-state index contributed by atoms with van der Waals surface area (Å²) >= 11 is 0.945. The molecule has 1 fully saturated rings. The van der Waals surface area contributed by atoms with E-state index >= 15 is 0 Å². The van der Waals surface area contributed by atoms with Crippen LogP contribution in [0.4, 0.5) is 10.5 Å². The number of imide groups is 1. The Morgan fingerprint density at radius 2 is 1.84 bits per heavy atom. The molecule has 0 saturated carbocycles. The molecule has 2 amide bonds. The largest absolute Gasteiger partial charge is 0.478 e. The van der Waals surface area contributed by atoms with E-state index in [0.717, 1.165) is 23.0 Å². The summed E-state index contributed by atoms with van der Waals surface area (Å²) in [5, 5.41) is 11.0. The zero-order valence-electron chi connectivity index (χ0n) is 13.4. The molecule has 2 aromatic rings. The summed E-state index contributed by atoms with van der Waals surface area (Å²) in [5.41, 5.74) is 2.67. The number of rotatable bonds is 5. The lowest BCUT2D eigenvalue weighted by atomic mass is 10.1. The number of thioether (sulfide) groups is 1. The smallest absolute Gasteiger partial charge is 0.335 e. The second-order valence-electron chi connectivity index (χ2n) is 5.65. The first-order valence-corrected chi connectivity index (χ1v) is 8.50. The zero-order chi connectivity index (χ0) is 18.0. The summed E-state index contributed by atoms with van der Waals surface area (Å²) in [6.07, 6.45) is 0. The monoisotopic (exact) mass is 356 g/mol. The molecule has 6 nitrogen and oxygen atoms in total. The van der Waals surface area contributed by atoms with Crippen LogP contribution >= 0.6 is 11.8 Å². The Balaban J connectivity index is 1.71. The van der Waals surface area contributed by atoms with Crippen molar-refractivity contribution >= 4 is 34.6 Å². The lowest BCUT2D eigenvalue weighted by Gasteiger charge is -2.16. The minimum Gasteiger partial charge on any atom is -0.478 e. The van der Waals surface area contributed by atoms with Crippen molar-refractivity contribution in [2.75, 3.05) is 5.32 Å². The third-order valence-corrected chi connectivity index (χ3v) is 4.88. The number of carbonyl (C=O) groups excluding carboxylic acids is 2. The molecule has 3 rings (SSSR count). The Bertz CT molecular complexity index is 835. The fourth-order valence-electron chi connectivity index (χ4n) is 2.49. The highest BCUT2D eigenvalue weighted by Gasteiger charge is 2.39. The summed E-state index contributed by atoms with van der Waals surface area (Å²) in [6.45, 7) is 2.05. The van der Waals surface area contributed by atoms with Gasteiger partial charge in [-0.25, -0.2) is 4.79 Å². The van der Waals surface area contributed by atoms with Crippen LogP contribution in [0, 0.1) is 6.92 Å². The van der Waals surface area contributed by atoms with E-state index in [4.69, 9.17) is 5.11 Å². The van der Waals surface area contributed by atoms with Crippen LogP contribution in [0.2, 0.25) is 0 Å². The number of carboxylic acid groups (broad SMARTS) is 1. The van der Waals surface area contributed by atoms with Gasteiger partial charge in [0.15, 0.2) is 5.37 Å². The molecule has 0 radical (unpaired) electrons. The van der Waals surface area contributed by atoms with E-state index in [2.05, 4.69) is 5.32 Å². The third kappa shape index (κ3) is 3.66. The molecule has 2 N–H and O–H groups in total. The molecular weight excluding hydrogens is 340 g/mol. The van der Waals surface area contributed by atoms with Gasteiger partial charge in [-0.1, -0.05) is 30.3 Å². The number of carboxylic acids is 1. The molecule has 0 spiro atoms. The van der Waals surface area contributed by atoms with Crippen LogP contribution in [0.25, 0.3) is 0 Å². The molecule has 1 heterocycles. The van der Waals surface area contributed by atoms with Crippen molar-refractivity contribution in [1.82, 2.24) is 4.90 Å². The molecular formula is C18H16N2O4S. The summed E-state index contributed by atoms with van der Waals surface area (Å²) in [5.74, 6) is -1.32. The summed E-state index contributed by atoms with van der Waals surface area (Å²) in [4.78, 5) is 36.8. The summed E-state index contributed by atoms with van der Waals surface area (Å²) in [7, 11) is 0. The van der Waals surface area contributed by atoms with Gasteiger partial charge < -0.3 is 10.4 Å². The van der Waals surface area contributed by atoms with Gasteiger partial charge in [-0.2, -0.15) is 0 Å². The van der Waals surface area contributed by atoms with E-state index in [0.29, 0.717) is 5.56 Å². The van der Waals surface area contributed by atoms with Crippen molar-refractivity contribution < 1.29 is 19.5 Å². The van der Waals surface area contributed by atoms with Crippen molar-refractivity contribution in [3.8, 4) is 0 Å². The first-order valence-electron chi connectivity index (χ1n) is 7.62. The average Bonchev–Trinajstić information content (AvgIpc) is 2.85. The van der Waals surface area contributed by atoms with Crippen LogP contribution in [0.1, 0.15) is 21.5 Å². The molecule has 0 unspecified atom stereocenters. The molecule has 0 aromatic heterocycles. The van der Waals surface area contributed by atoms with Crippen molar-refractivity contribution in [3.63, 3.8) is 0 Å². The maximum Gasteiger partial charge on any atom is 0.335 e. The predicted octanol–water partition coefficient (Wildman–Crippen LogP) is 3.33. The molecule has 0 bridgehead atoms. The number of benzene rings is 2. The number of amides is 2. The molecule has 1 atom stereocenters. The molecule has 0 aliphatic carbocycles. The zero-order valence-corrected chi connectivity index (χ0v) is 14.2. The van der Waals surface area contributed by atoms with Crippen LogP contribution in [0.15, 0.2) is 48.5 Å². The van der Waals surface area contributed by atoms with Gasteiger partial charge >= 0.3 is 5.97 Å². The van der Waals surface area contributed by atoms with E-state index < -0.39 is 11.3 Å². The third-order valence-electron chi connectivity index (χ3n) is 3.90. The second-order valence-corrected chi connectivity index (χ2v) is 6.71. The summed E-state index contributed by atoms with van der Waals surface area (Å²) in [6, 6.07) is 13.7. The van der Waals surface area contributed by atoms with E-state index in [1.54, 1.807) is 12.1 Å². The normalized spacial score (nSPS) is 17.0. The fourth-order valence-corrected chi connectivity index (χ4v) is 3.39. The first-order chi connectivity index (χ1) is 12.0. The fraction of sp³-hybridized carbons (Fsp3) is 0.167. The van der Waals surface area contributed by atoms with Crippen LogP contribution in [-0.4, -0.2) is 32.5 Å². The Morgan fingerprint density at radius 1 is 1.16 bits per heavy atom. The van der Waals surface area contributed by atoms with E-state index in [-0.39, 0.29) is 23.3 Å². The topological polar surface area (TPSA) is 86.7 Å². The van der Waals surface area contributed by atoms with Crippen LogP contribution < -0.4 is 5.32 Å². The number of aromatic carboxylic acids is 1. The van der Waals surface area contributed by atoms with Crippen molar-refractivity contribution in [1.29, 1.82) is 0 Å². The number of hydrogen-bond acceptors (Lipinski definition) is 5. The molecule has 1 aliphatic heterocycles. The molecule has 1 saturated heterocycles. The molecule has 128 valence electrons. The van der Waals surface area contributed by atoms with Gasteiger partial charge in [-0.15, -0.1) is 0 Å². The highest BCUT2D eigenvalue weighted by Crippen LogP contribution is 2.30. The van der Waals surface area contributed by atoms with Crippen molar-refractivity contribution in [3.05, 3.63) is 65.2 Å². The number of anilines is 1. The lowest BCUT2D eigenvalue weighted by Crippen LogP contribution is -2.34. The molecule has 7 heteroatoms. The highest BCUT2D eigenvalue weighted by molar-refractivity contribution is 8.15. The van der Waals surface area contributed by atoms with Crippen molar-refractivity contribution in [2.24, 2.45) is 0 Å². The summed E-state index contributed by atoms with van der Waals surface area (Å²) < 4.78 is 0. The number of para-hydroxylation sites is 1. The Hall–Kier alpha value is -2.80. The van der Waals surface area contributed by atoms with Gasteiger partial charge in [0.05, 0.1) is 12.1 Å². The number of nitrogens with zero attached hydrogens (tertiary/aromatic N) is 1. The Morgan fingerprint density at radius 3 is 2.48 bits per heavy atom. The van der Waals surface area contributed by atoms with Gasteiger partial charge in [0, 0.05) is 5.69 Å². The maximum atomic E-state index is 12.5. The number of aryl methyl sites for hydroxylation is 1. The quantitative estimate of drug-likeness (QED) is 0.855. The molecule has 1 aliphatic rings. The minimum absolute atomic E-state index is 0.122. The number of hydrogen-bond donors (Lipinski definition) is 2. The van der Waals surface area contributed by atoms with Crippen LogP contribution in [0.5, 0.6) is 0 Å². The van der Waals surface area contributed by atoms with E-state index in [9.17, 15) is 14.4 Å². The predicted molar refractivity (Wildman–Crippen MR) is 95.5 cm³/mol. The number of carbonyl (C=O) groups is 3. The van der Waals surface area contributed by atoms with Gasteiger partial charge in [0.1, 0.15) is 0 Å².